The van der Waals surface area contributed by atoms with E-state index in [9.17, 15) is 9.59 Å². The molecule has 0 aliphatic heterocycles. The van der Waals surface area contributed by atoms with E-state index in [-0.39, 0.29) is 12.5 Å². The van der Waals surface area contributed by atoms with Gasteiger partial charge in [0, 0.05) is 6.54 Å². The van der Waals surface area contributed by atoms with Gasteiger partial charge < -0.3 is 14.5 Å². The number of amides is 1. The first kappa shape index (κ1) is 13.9. The number of carbonyl (C=O) groups excluding carboxylic acids is 1. The van der Waals surface area contributed by atoms with Gasteiger partial charge in [-0.05, 0) is 29.8 Å². The number of aromatic amines is 1. The summed E-state index contributed by atoms with van der Waals surface area (Å²) in [4.78, 5) is 25.4. The van der Waals surface area contributed by atoms with Crippen molar-refractivity contribution in [2.24, 2.45) is 0 Å². The molecule has 0 unspecified atom stereocenters. The predicted molar refractivity (Wildman–Crippen MR) is 80.6 cm³/mol. The molecule has 0 atom stereocenters. The fourth-order valence-electron chi connectivity index (χ4n) is 2.02. The van der Waals surface area contributed by atoms with Crippen LogP contribution in [-0.4, -0.2) is 17.5 Å². The van der Waals surface area contributed by atoms with E-state index < -0.39 is 5.76 Å². The van der Waals surface area contributed by atoms with Gasteiger partial charge in [0.05, 0.1) is 5.52 Å². The highest BCUT2D eigenvalue weighted by atomic mass is 16.5. The standard InChI is InChI=1S/C16H14N2O4/c19-15(10-21-12-4-2-1-3-5-12)17-9-11-6-7-13-14(8-11)22-16(20)18-13/h1-8H,9-10H2,(H,17,19)(H,18,20). The molecule has 1 heterocycles. The molecule has 0 radical (unpaired) electrons. The third-order valence-corrected chi connectivity index (χ3v) is 3.09. The molecule has 1 amide bonds. The summed E-state index contributed by atoms with van der Waals surface area (Å²) in [7, 11) is 0. The van der Waals surface area contributed by atoms with Crippen LogP contribution in [0.3, 0.4) is 0 Å². The van der Waals surface area contributed by atoms with Gasteiger partial charge in [-0.15, -0.1) is 0 Å². The van der Waals surface area contributed by atoms with Crippen molar-refractivity contribution < 1.29 is 13.9 Å². The van der Waals surface area contributed by atoms with Gasteiger partial charge in [-0.3, -0.25) is 9.78 Å². The van der Waals surface area contributed by atoms with Crippen molar-refractivity contribution in [3.8, 4) is 5.75 Å². The number of hydrogen-bond donors (Lipinski definition) is 2. The Morgan fingerprint density at radius 2 is 2.00 bits per heavy atom. The van der Waals surface area contributed by atoms with Crippen LogP contribution in [0, 0.1) is 0 Å². The molecule has 3 aromatic rings. The molecule has 6 nitrogen and oxygen atoms in total. The van der Waals surface area contributed by atoms with Crippen molar-refractivity contribution >= 4 is 17.0 Å². The van der Waals surface area contributed by atoms with E-state index in [4.69, 9.17) is 9.15 Å². The lowest BCUT2D eigenvalue weighted by Crippen LogP contribution is -2.28. The lowest BCUT2D eigenvalue weighted by molar-refractivity contribution is -0.123. The van der Waals surface area contributed by atoms with Crippen molar-refractivity contribution in [2.45, 2.75) is 6.54 Å². The summed E-state index contributed by atoms with van der Waals surface area (Å²) in [5.41, 5.74) is 1.94. The topological polar surface area (TPSA) is 84.3 Å². The SMILES string of the molecule is O=C(COc1ccccc1)NCc1ccc2[nH]c(=O)oc2c1. The van der Waals surface area contributed by atoms with Crippen molar-refractivity contribution in [3.05, 3.63) is 64.6 Å². The number of oxazole rings is 1. The highest BCUT2D eigenvalue weighted by molar-refractivity contribution is 5.78. The minimum absolute atomic E-state index is 0.0501. The molecule has 0 saturated carbocycles. The number of para-hydroxylation sites is 1. The highest BCUT2D eigenvalue weighted by Crippen LogP contribution is 2.12. The molecule has 1 aromatic heterocycles. The smallest absolute Gasteiger partial charge is 0.417 e. The van der Waals surface area contributed by atoms with E-state index in [0.717, 1.165) is 5.56 Å². The molecule has 6 heteroatoms. The maximum absolute atomic E-state index is 11.7. The Bertz CT molecular complexity index is 836. The largest absolute Gasteiger partial charge is 0.484 e. The lowest BCUT2D eigenvalue weighted by Gasteiger charge is -2.07. The van der Waals surface area contributed by atoms with E-state index in [1.165, 1.54) is 0 Å². The van der Waals surface area contributed by atoms with Crippen molar-refractivity contribution in [1.29, 1.82) is 0 Å². The first-order chi connectivity index (χ1) is 10.7. The summed E-state index contributed by atoms with van der Waals surface area (Å²) in [5, 5.41) is 2.75. The van der Waals surface area contributed by atoms with Crippen LogP contribution in [0.15, 0.2) is 57.7 Å². The van der Waals surface area contributed by atoms with Crippen molar-refractivity contribution in [2.75, 3.05) is 6.61 Å². The van der Waals surface area contributed by atoms with Crippen molar-refractivity contribution in [1.82, 2.24) is 10.3 Å². The van der Waals surface area contributed by atoms with Gasteiger partial charge in [0.25, 0.3) is 5.91 Å². The predicted octanol–water partition coefficient (Wildman–Crippen LogP) is 1.82. The third kappa shape index (κ3) is 3.35. The third-order valence-electron chi connectivity index (χ3n) is 3.09. The molecule has 2 N–H and O–H groups in total. The molecule has 2 aromatic carbocycles. The highest BCUT2D eigenvalue weighted by Gasteiger charge is 2.05. The minimum atomic E-state index is -0.493. The number of benzene rings is 2. The van der Waals surface area contributed by atoms with Gasteiger partial charge in [0.1, 0.15) is 5.75 Å². The Hall–Kier alpha value is -3.02. The molecule has 112 valence electrons. The van der Waals surface area contributed by atoms with E-state index in [0.29, 0.717) is 23.4 Å². The Balaban J connectivity index is 1.54. The van der Waals surface area contributed by atoms with Crippen LogP contribution >= 0.6 is 0 Å². The molecule has 0 aliphatic rings. The fourth-order valence-corrected chi connectivity index (χ4v) is 2.02. The molecule has 3 rings (SSSR count). The zero-order valence-electron chi connectivity index (χ0n) is 11.7. The van der Waals surface area contributed by atoms with Crippen LogP contribution in [0.1, 0.15) is 5.56 Å². The summed E-state index contributed by atoms with van der Waals surface area (Å²) < 4.78 is 10.3. The zero-order chi connectivity index (χ0) is 15.4. The van der Waals surface area contributed by atoms with Gasteiger partial charge >= 0.3 is 5.76 Å². The van der Waals surface area contributed by atoms with Gasteiger partial charge in [-0.1, -0.05) is 24.3 Å². The molecule has 22 heavy (non-hydrogen) atoms. The molecule has 0 bridgehead atoms. The number of hydrogen-bond acceptors (Lipinski definition) is 4. The van der Waals surface area contributed by atoms with Crippen LogP contribution in [0.25, 0.3) is 11.1 Å². The van der Waals surface area contributed by atoms with Gasteiger partial charge in [-0.2, -0.15) is 0 Å². The van der Waals surface area contributed by atoms with Crippen LogP contribution in [0.4, 0.5) is 0 Å². The minimum Gasteiger partial charge on any atom is -0.484 e. The van der Waals surface area contributed by atoms with Gasteiger partial charge in [0.15, 0.2) is 12.2 Å². The Morgan fingerprint density at radius 1 is 1.18 bits per heavy atom. The number of H-pyrrole nitrogens is 1. The number of nitrogens with one attached hydrogen (secondary N) is 2. The average Bonchev–Trinajstić information content (AvgIpc) is 2.91. The number of aromatic nitrogens is 1. The summed E-state index contributed by atoms with van der Waals surface area (Å²) in [5.74, 6) is -0.0694. The number of fused-ring (bicyclic) bond motifs is 1. The van der Waals surface area contributed by atoms with Crippen LogP contribution in [-0.2, 0) is 11.3 Å². The van der Waals surface area contributed by atoms with Crippen LogP contribution < -0.4 is 15.8 Å². The van der Waals surface area contributed by atoms with Gasteiger partial charge in [-0.25, -0.2) is 4.79 Å². The zero-order valence-corrected chi connectivity index (χ0v) is 11.7. The molecule has 0 fully saturated rings. The molecule has 0 spiro atoms. The second-order valence-corrected chi connectivity index (χ2v) is 4.72. The normalized spacial score (nSPS) is 10.5. The second kappa shape index (κ2) is 6.17. The van der Waals surface area contributed by atoms with E-state index >= 15 is 0 Å². The molecular formula is C16H14N2O4. The summed E-state index contributed by atoms with van der Waals surface area (Å²) in [6.45, 7) is 0.285. The number of carbonyl (C=O) groups is 1. The van der Waals surface area contributed by atoms with Crippen molar-refractivity contribution in [3.63, 3.8) is 0 Å². The van der Waals surface area contributed by atoms with E-state index in [1.54, 1.807) is 24.3 Å². The van der Waals surface area contributed by atoms with Gasteiger partial charge in [0.2, 0.25) is 0 Å². The summed E-state index contributed by atoms with van der Waals surface area (Å²) >= 11 is 0. The summed E-state index contributed by atoms with van der Waals surface area (Å²) in [6.07, 6.45) is 0. The van der Waals surface area contributed by atoms with E-state index in [2.05, 4.69) is 10.3 Å². The average molecular weight is 298 g/mol. The Kier molecular flexibility index (Phi) is 3.91. The molecule has 0 aliphatic carbocycles. The first-order valence-corrected chi connectivity index (χ1v) is 6.77. The molecule has 0 saturated heterocycles. The lowest BCUT2D eigenvalue weighted by atomic mass is 10.2. The fraction of sp³-hybridized carbons (Fsp3) is 0.125. The van der Waals surface area contributed by atoms with Crippen LogP contribution in [0.5, 0.6) is 5.75 Å². The Morgan fingerprint density at radius 3 is 2.82 bits per heavy atom. The second-order valence-electron chi connectivity index (χ2n) is 4.72. The number of ether oxygens (including phenoxy) is 1. The maximum Gasteiger partial charge on any atom is 0.417 e. The first-order valence-electron chi connectivity index (χ1n) is 6.77. The Labute approximate surface area is 125 Å². The monoisotopic (exact) mass is 298 g/mol. The van der Waals surface area contributed by atoms with Crippen LogP contribution in [0.2, 0.25) is 0 Å². The number of rotatable bonds is 5. The quantitative estimate of drug-likeness (QED) is 0.752. The summed E-state index contributed by atoms with van der Waals surface area (Å²) in [6, 6.07) is 14.4. The van der Waals surface area contributed by atoms with E-state index in [1.807, 2.05) is 24.3 Å². The maximum atomic E-state index is 11.7. The molecular weight excluding hydrogens is 284 g/mol.